The maximum Gasteiger partial charge on any atom is 0.417 e. The number of rotatable bonds is 6. The summed E-state index contributed by atoms with van der Waals surface area (Å²) in [6.07, 6.45) is -2.21. The van der Waals surface area contributed by atoms with Crippen LogP contribution in [0.1, 0.15) is 16.7 Å². The number of halogens is 5. The van der Waals surface area contributed by atoms with Gasteiger partial charge in [-0.05, 0) is 36.4 Å². The quantitative estimate of drug-likeness (QED) is 0.355. The second-order valence-corrected chi connectivity index (χ2v) is 6.71. The van der Waals surface area contributed by atoms with Gasteiger partial charge in [0.05, 0.1) is 11.8 Å². The summed E-state index contributed by atoms with van der Waals surface area (Å²) < 4.78 is 43.5. The minimum atomic E-state index is -4.43. The van der Waals surface area contributed by atoms with Crippen LogP contribution in [0.25, 0.3) is 0 Å². The van der Waals surface area contributed by atoms with Crippen molar-refractivity contribution in [2.24, 2.45) is 5.10 Å². The van der Waals surface area contributed by atoms with Crippen LogP contribution in [0.3, 0.4) is 0 Å². The molecule has 9 heteroatoms. The summed E-state index contributed by atoms with van der Waals surface area (Å²) in [5.74, 6) is 0.741. The molecule has 0 radical (unpaired) electrons. The summed E-state index contributed by atoms with van der Waals surface area (Å²) >= 11 is 12.0. The fourth-order valence-electron chi connectivity index (χ4n) is 2.31. The van der Waals surface area contributed by atoms with Crippen molar-refractivity contribution in [2.75, 3.05) is 5.43 Å². The molecule has 3 aromatic rings. The van der Waals surface area contributed by atoms with Crippen LogP contribution in [-0.2, 0) is 12.8 Å². The maximum absolute atomic E-state index is 12.6. The van der Waals surface area contributed by atoms with Crippen molar-refractivity contribution in [3.05, 3.63) is 87.5 Å². The van der Waals surface area contributed by atoms with Gasteiger partial charge in [-0.3, -0.25) is 5.43 Å². The van der Waals surface area contributed by atoms with E-state index in [9.17, 15) is 13.2 Å². The zero-order valence-electron chi connectivity index (χ0n) is 14.8. The zero-order chi connectivity index (χ0) is 20.9. The fourth-order valence-corrected chi connectivity index (χ4v) is 2.77. The first-order chi connectivity index (χ1) is 13.8. The smallest absolute Gasteiger partial charge is 0.417 e. The molecule has 29 heavy (non-hydrogen) atoms. The average Bonchev–Trinajstić information content (AvgIpc) is 2.68. The second kappa shape index (κ2) is 9.15. The highest BCUT2D eigenvalue weighted by Crippen LogP contribution is 2.29. The van der Waals surface area contributed by atoms with Crippen LogP contribution >= 0.6 is 23.2 Å². The molecule has 0 saturated carbocycles. The lowest BCUT2D eigenvalue weighted by molar-refractivity contribution is -0.137. The van der Waals surface area contributed by atoms with E-state index in [0.717, 1.165) is 17.8 Å². The van der Waals surface area contributed by atoms with Gasteiger partial charge in [-0.2, -0.15) is 18.3 Å². The third-order valence-corrected chi connectivity index (χ3v) is 4.38. The Morgan fingerprint density at radius 2 is 1.86 bits per heavy atom. The van der Waals surface area contributed by atoms with Crippen LogP contribution in [0.2, 0.25) is 10.0 Å². The number of benzene rings is 2. The molecule has 2 aromatic carbocycles. The van der Waals surface area contributed by atoms with Crippen molar-refractivity contribution >= 4 is 35.2 Å². The lowest BCUT2D eigenvalue weighted by atomic mass is 10.2. The van der Waals surface area contributed by atoms with Crippen LogP contribution in [0, 0.1) is 0 Å². The van der Waals surface area contributed by atoms with Crippen LogP contribution in [-0.4, -0.2) is 11.2 Å². The Morgan fingerprint density at radius 1 is 1.07 bits per heavy atom. The topological polar surface area (TPSA) is 46.5 Å². The molecule has 3 rings (SSSR count). The van der Waals surface area contributed by atoms with Crippen LogP contribution < -0.4 is 10.2 Å². The zero-order valence-corrected chi connectivity index (χ0v) is 16.3. The predicted octanol–water partition coefficient (Wildman–Crippen LogP) is 6.43. The number of pyridine rings is 1. The Morgan fingerprint density at radius 3 is 2.55 bits per heavy atom. The summed E-state index contributed by atoms with van der Waals surface area (Å²) in [5, 5.41) is 5.04. The van der Waals surface area contributed by atoms with Gasteiger partial charge in [0.2, 0.25) is 0 Å². The first-order valence-corrected chi connectivity index (χ1v) is 9.06. The van der Waals surface area contributed by atoms with Gasteiger partial charge in [-0.25, -0.2) is 4.98 Å². The molecule has 0 amide bonds. The van der Waals surface area contributed by atoms with Gasteiger partial charge in [-0.1, -0.05) is 41.4 Å². The van der Waals surface area contributed by atoms with E-state index in [-0.39, 0.29) is 12.4 Å². The number of hydrogen-bond acceptors (Lipinski definition) is 4. The number of aromatic nitrogens is 1. The Labute approximate surface area is 174 Å². The van der Waals surface area contributed by atoms with Gasteiger partial charge in [0.1, 0.15) is 18.2 Å². The molecule has 0 saturated heterocycles. The highest BCUT2D eigenvalue weighted by atomic mass is 35.5. The summed E-state index contributed by atoms with van der Waals surface area (Å²) in [6, 6.07) is 14.4. The van der Waals surface area contributed by atoms with Gasteiger partial charge >= 0.3 is 6.18 Å². The minimum Gasteiger partial charge on any atom is -0.488 e. The number of hydrazone groups is 1. The molecule has 0 atom stereocenters. The van der Waals surface area contributed by atoms with Crippen molar-refractivity contribution in [1.82, 2.24) is 4.98 Å². The SMILES string of the molecule is FC(F)(F)c1ccc(N/N=C\c2ccccc2OCc2ccc(Cl)cc2Cl)nc1. The highest BCUT2D eigenvalue weighted by Gasteiger charge is 2.30. The van der Waals surface area contributed by atoms with Gasteiger partial charge in [0.15, 0.2) is 0 Å². The molecule has 0 bridgehead atoms. The van der Waals surface area contributed by atoms with Gasteiger partial charge < -0.3 is 4.74 Å². The van der Waals surface area contributed by atoms with Crippen LogP contribution in [0.15, 0.2) is 65.9 Å². The molecule has 0 aliphatic carbocycles. The third-order valence-electron chi connectivity index (χ3n) is 3.79. The standard InChI is InChI=1S/C20H14Cl2F3N3O/c21-16-7-5-14(17(22)9-16)12-29-18-4-2-1-3-13(18)10-27-28-19-8-6-15(11-26-19)20(23,24)25/h1-11H,12H2,(H,26,28)/b27-10-. The molecule has 1 heterocycles. The molecular weight excluding hydrogens is 426 g/mol. The van der Waals surface area contributed by atoms with Crippen LogP contribution in [0.4, 0.5) is 19.0 Å². The van der Waals surface area contributed by atoms with E-state index >= 15 is 0 Å². The van der Waals surface area contributed by atoms with E-state index < -0.39 is 11.7 Å². The molecule has 4 nitrogen and oxygen atoms in total. The Kier molecular flexibility index (Phi) is 6.61. The molecule has 150 valence electrons. The molecule has 1 aromatic heterocycles. The molecule has 0 aliphatic heterocycles. The number of nitrogens with one attached hydrogen (secondary N) is 1. The molecule has 0 spiro atoms. The predicted molar refractivity (Wildman–Crippen MR) is 108 cm³/mol. The van der Waals surface area contributed by atoms with Gasteiger partial charge in [-0.15, -0.1) is 0 Å². The maximum atomic E-state index is 12.6. The number of para-hydroxylation sites is 1. The van der Waals surface area contributed by atoms with Crippen molar-refractivity contribution in [3.63, 3.8) is 0 Å². The third kappa shape index (κ3) is 5.85. The normalized spacial score (nSPS) is 11.6. The fraction of sp³-hybridized carbons (Fsp3) is 0.100. The number of anilines is 1. The Balaban J connectivity index is 1.65. The molecule has 0 unspecified atom stereocenters. The van der Waals surface area contributed by atoms with Crippen molar-refractivity contribution in [2.45, 2.75) is 12.8 Å². The Bertz CT molecular complexity index is 1010. The molecule has 0 fully saturated rings. The van der Waals surface area contributed by atoms with E-state index in [2.05, 4.69) is 15.5 Å². The van der Waals surface area contributed by atoms with E-state index in [1.54, 1.807) is 42.5 Å². The minimum absolute atomic E-state index is 0.181. The number of alkyl halides is 3. The summed E-state index contributed by atoms with van der Waals surface area (Å²) in [6.45, 7) is 0.231. The van der Waals surface area contributed by atoms with Crippen molar-refractivity contribution in [3.8, 4) is 5.75 Å². The van der Waals surface area contributed by atoms with E-state index in [4.69, 9.17) is 27.9 Å². The first kappa shape index (κ1) is 21.0. The number of nitrogens with zero attached hydrogens (tertiary/aromatic N) is 2. The summed E-state index contributed by atoms with van der Waals surface area (Å²) in [7, 11) is 0. The van der Waals surface area contributed by atoms with Crippen molar-refractivity contribution in [1.29, 1.82) is 0 Å². The highest BCUT2D eigenvalue weighted by molar-refractivity contribution is 6.35. The van der Waals surface area contributed by atoms with Crippen molar-refractivity contribution < 1.29 is 17.9 Å². The molecule has 0 aliphatic rings. The van der Waals surface area contributed by atoms with Gasteiger partial charge in [0.25, 0.3) is 0 Å². The number of ether oxygens (including phenoxy) is 1. The number of hydrogen-bond donors (Lipinski definition) is 1. The van der Waals surface area contributed by atoms with Crippen LogP contribution in [0.5, 0.6) is 5.75 Å². The average molecular weight is 440 g/mol. The van der Waals surface area contributed by atoms with E-state index in [0.29, 0.717) is 21.4 Å². The first-order valence-electron chi connectivity index (χ1n) is 8.31. The monoisotopic (exact) mass is 439 g/mol. The molecule has 1 N–H and O–H groups in total. The summed E-state index contributed by atoms with van der Waals surface area (Å²) in [5.41, 5.74) is 3.20. The summed E-state index contributed by atoms with van der Waals surface area (Å²) in [4.78, 5) is 3.69. The molecular formula is C20H14Cl2F3N3O. The van der Waals surface area contributed by atoms with E-state index in [1.165, 1.54) is 12.3 Å². The van der Waals surface area contributed by atoms with E-state index in [1.807, 2.05) is 0 Å². The lowest BCUT2D eigenvalue weighted by Crippen LogP contribution is -2.05. The van der Waals surface area contributed by atoms with Gasteiger partial charge in [0, 0.05) is 27.4 Å². The lowest BCUT2D eigenvalue weighted by Gasteiger charge is -2.10. The Hall–Kier alpha value is -2.77. The largest absolute Gasteiger partial charge is 0.488 e. The second-order valence-electron chi connectivity index (χ2n) is 5.86.